The van der Waals surface area contributed by atoms with E-state index in [-0.39, 0.29) is 5.56 Å². The van der Waals surface area contributed by atoms with Crippen LogP contribution >= 0.6 is 0 Å². The molecule has 1 unspecified atom stereocenters. The Hall–Kier alpha value is -1.92. The van der Waals surface area contributed by atoms with E-state index < -0.39 is 36.7 Å². The molecule has 0 amide bonds. The van der Waals surface area contributed by atoms with Crippen LogP contribution in [0.2, 0.25) is 0 Å². The molecule has 6 heteroatoms. The SMILES string of the molecule is C[C@@H](O)[C@H](OC(=O)c1ccccc1)C(O)CC(=O)O. The van der Waals surface area contributed by atoms with E-state index in [9.17, 15) is 19.8 Å². The van der Waals surface area contributed by atoms with Crippen molar-refractivity contribution in [2.45, 2.75) is 31.7 Å². The predicted octanol–water partition coefficient (Wildman–Crippen LogP) is 0.428. The average molecular weight is 268 g/mol. The highest BCUT2D eigenvalue weighted by Gasteiger charge is 2.30. The number of hydrogen-bond donors (Lipinski definition) is 3. The van der Waals surface area contributed by atoms with Gasteiger partial charge in [0.2, 0.25) is 0 Å². The number of carbonyl (C=O) groups excluding carboxylic acids is 1. The molecule has 3 atom stereocenters. The first-order chi connectivity index (χ1) is 8.91. The molecule has 0 aromatic heterocycles. The molecular weight excluding hydrogens is 252 g/mol. The molecule has 19 heavy (non-hydrogen) atoms. The lowest BCUT2D eigenvalue weighted by Crippen LogP contribution is -2.41. The van der Waals surface area contributed by atoms with Crippen molar-refractivity contribution in [2.24, 2.45) is 0 Å². The number of benzene rings is 1. The van der Waals surface area contributed by atoms with Crippen LogP contribution < -0.4 is 0 Å². The Labute approximate surface area is 110 Å². The molecule has 0 radical (unpaired) electrons. The van der Waals surface area contributed by atoms with Crippen LogP contribution in [0.1, 0.15) is 23.7 Å². The van der Waals surface area contributed by atoms with Gasteiger partial charge in [0.25, 0.3) is 0 Å². The van der Waals surface area contributed by atoms with E-state index in [0.29, 0.717) is 0 Å². The molecule has 0 fully saturated rings. The predicted molar refractivity (Wildman–Crippen MR) is 65.6 cm³/mol. The second-order valence-corrected chi connectivity index (χ2v) is 4.14. The van der Waals surface area contributed by atoms with Crippen molar-refractivity contribution < 1.29 is 29.6 Å². The first kappa shape index (κ1) is 15.1. The molecule has 104 valence electrons. The van der Waals surface area contributed by atoms with Crippen LogP contribution in [-0.4, -0.2) is 45.6 Å². The quantitative estimate of drug-likeness (QED) is 0.646. The van der Waals surface area contributed by atoms with E-state index in [2.05, 4.69) is 0 Å². The van der Waals surface area contributed by atoms with Crippen LogP contribution in [-0.2, 0) is 9.53 Å². The maximum atomic E-state index is 11.8. The fraction of sp³-hybridized carbons (Fsp3) is 0.385. The maximum Gasteiger partial charge on any atom is 0.338 e. The number of carboxylic acids is 1. The van der Waals surface area contributed by atoms with Gasteiger partial charge in [-0.15, -0.1) is 0 Å². The number of rotatable bonds is 6. The first-order valence-corrected chi connectivity index (χ1v) is 5.75. The van der Waals surface area contributed by atoms with Gasteiger partial charge in [0, 0.05) is 0 Å². The van der Waals surface area contributed by atoms with E-state index >= 15 is 0 Å². The average Bonchev–Trinajstić information content (AvgIpc) is 2.35. The van der Waals surface area contributed by atoms with E-state index in [4.69, 9.17) is 9.84 Å². The van der Waals surface area contributed by atoms with Gasteiger partial charge in [-0.3, -0.25) is 4.79 Å². The van der Waals surface area contributed by atoms with Gasteiger partial charge in [-0.2, -0.15) is 0 Å². The summed E-state index contributed by atoms with van der Waals surface area (Å²) in [4.78, 5) is 22.3. The molecule has 0 bridgehead atoms. The third kappa shape index (κ3) is 4.69. The third-order valence-electron chi connectivity index (χ3n) is 2.49. The van der Waals surface area contributed by atoms with Gasteiger partial charge in [0.15, 0.2) is 6.10 Å². The molecule has 0 saturated heterocycles. The van der Waals surface area contributed by atoms with Crippen LogP contribution in [0, 0.1) is 0 Å². The van der Waals surface area contributed by atoms with Crippen molar-refractivity contribution >= 4 is 11.9 Å². The smallest absolute Gasteiger partial charge is 0.338 e. The van der Waals surface area contributed by atoms with Gasteiger partial charge in [0.1, 0.15) is 6.10 Å². The summed E-state index contributed by atoms with van der Waals surface area (Å²) < 4.78 is 4.96. The van der Waals surface area contributed by atoms with Crippen LogP contribution in [0.4, 0.5) is 0 Å². The highest BCUT2D eigenvalue weighted by atomic mass is 16.6. The molecule has 0 saturated carbocycles. The Kier molecular flexibility index (Phi) is 5.47. The molecule has 0 spiro atoms. The standard InChI is InChI=1S/C13H16O6/c1-8(14)12(10(15)7-11(16)17)19-13(18)9-5-3-2-4-6-9/h2-6,8,10,12,14-15H,7H2,1H3,(H,16,17)/t8-,10?,12+/m1/s1. The molecule has 3 N–H and O–H groups in total. The van der Waals surface area contributed by atoms with Crippen LogP contribution in [0.25, 0.3) is 0 Å². The number of carbonyl (C=O) groups is 2. The normalized spacial score (nSPS) is 15.3. The monoisotopic (exact) mass is 268 g/mol. The number of hydrogen-bond acceptors (Lipinski definition) is 5. The molecule has 1 aromatic carbocycles. The summed E-state index contributed by atoms with van der Waals surface area (Å²) in [6.07, 6.45) is -4.55. The minimum Gasteiger partial charge on any atom is -0.481 e. The van der Waals surface area contributed by atoms with Crippen molar-refractivity contribution in [1.82, 2.24) is 0 Å². The topological polar surface area (TPSA) is 104 Å². The first-order valence-electron chi connectivity index (χ1n) is 5.75. The number of ether oxygens (including phenoxy) is 1. The summed E-state index contributed by atoms with van der Waals surface area (Å²) in [6, 6.07) is 8.04. The van der Waals surface area contributed by atoms with Crippen molar-refractivity contribution in [3.8, 4) is 0 Å². The lowest BCUT2D eigenvalue weighted by atomic mass is 10.1. The van der Waals surface area contributed by atoms with Gasteiger partial charge in [-0.25, -0.2) is 4.79 Å². The van der Waals surface area contributed by atoms with Gasteiger partial charge >= 0.3 is 11.9 Å². The fourth-order valence-corrected chi connectivity index (χ4v) is 1.56. The Balaban J connectivity index is 2.74. The van der Waals surface area contributed by atoms with Crippen molar-refractivity contribution in [1.29, 1.82) is 0 Å². The van der Waals surface area contributed by atoms with E-state index in [1.807, 2.05) is 0 Å². The largest absolute Gasteiger partial charge is 0.481 e. The highest BCUT2D eigenvalue weighted by Crippen LogP contribution is 2.12. The third-order valence-corrected chi connectivity index (χ3v) is 2.49. The molecule has 1 rings (SSSR count). The maximum absolute atomic E-state index is 11.8. The zero-order chi connectivity index (χ0) is 14.4. The number of aliphatic carboxylic acids is 1. The molecule has 0 heterocycles. The summed E-state index contributed by atoms with van der Waals surface area (Å²) in [5, 5.41) is 27.7. The van der Waals surface area contributed by atoms with E-state index in [1.165, 1.54) is 19.1 Å². The van der Waals surface area contributed by atoms with Gasteiger partial charge < -0.3 is 20.1 Å². The van der Waals surface area contributed by atoms with E-state index in [1.54, 1.807) is 18.2 Å². The van der Waals surface area contributed by atoms with Gasteiger partial charge in [0.05, 0.1) is 18.1 Å². The molecule has 0 aliphatic rings. The number of aliphatic hydroxyl groups excluding tert-OH is 2. The summed E-state index contributed by atoms with van der Waals surface area (Å²) in [5.74, 6) is -1.97. The Morgan fingerprint density at radius 1 is 1.21 bits per heavy atom. The molecule has 6 nitrogen and oxygen atoms in total. The Bertz CT molecular complexity index is 428. The number of esters is 1. The van der Waals surface area contributed by atoms with Crippen LogP contribution in [0.3, 0.4) is 0 Å². The zero-order valence-electron chi connectivity index (χ0n) is 10.4. The van der Waals surface area contributed by atoms with Crippen LogP contribution in [0.5, 0.6) is 0 Å². The molecule has 0 aliphatic heterocycles. The van der Waals surface area contributed by atoms with Gasteiger partial charge in [-0.1, -0.05) is 18.2 Å². The highest BCUT2D eigenvalue weighted by molar-refractivity contribution is 5.89. The molecule has 0 aliphatic carbocycles. The second kappa shape index (κ2) is 6.86. The number of aliphatic hydroxyl groups is 2. The molecular formula is C13H16O6. The number of carboxylic acid groups (broad SMARTS) is 1. The van der Waals surface area contributed by atoms with Crippen molar-refractivity contribution in [3.05, 3.63) is 35.9 Å². The van der Waals surface area contributed by atoms with Crippen LogP contribution in [0.15, 0.2) is 30.3 Å². The Morgan fingerprint density at radius 3 is 2.26 bits per heavy atom. The fourth-order valence-electron chi connectivity index (χ4n) is 1.56. The minimum atomic E-state index is -1.47. The van der Waals surface area contributed by atoms with Crippen molar-refractivity contribution in [2.75, 3.05) is 0 Å². The minimum absolute atomic E-state index is 0.260. The van der Waals surface area contributed by atoms with Crippen molar-refractivity contribution in [3.63, 3.8) is 0 Å². The Morgan fingerprint density at radius 2 is 1.79 bits per heavy atom. The second-order valence-electron chi connectivity index (χ2n) is 4.14. The zero-order valence-corrected chi connectivity index (χ0v) is 10.4. The van der Waals surface area contributed by atoms with E-state index in [0.717, 1.165) is 0 Å². The summed E-state index contributed by atoms with van der Waals surface area (Å²) in [5.41, 5.74) is 0.260. The molecule has 1 aromatic rings. The summed E-state index contributed by atoms with van der Waals surface area (Å²) in [7, 11) is 0. The summed E-state index contributed by atoms with van der Waals surface area (Å²) in [6.45, 7) is 1.31. The lowest BCUT2D eigenvalue weighted by Gasteiger charge is -2.24. The van der Waals surface area contributed by atoms with Gasteiger partial charge in [-0.05, 0) is 19.1 Å². The summed E-state index contributed by atoms with van der Waals surface area (Å²) >= 11 is 0. The lowest BCUT2D eigenvalue weighted by molar-refractivity contribution is -0.143.